The smallest absolute Gasteiger partial charge is 0.187 e. The Morgan fingerprint density at radius 1 is 0.893 bits per heavy atom. The highest BCUT2D eigenvalue weighted by Crippen LogP contribution is 2.35. The van der Waals surface area contributed by atoms with E-state index in [1.807, 2.05) is 54.6 Å². The zero-order valence-electron chi connectivity index (χ0n) is 15.4. The lowest BCUT2D eigenvalue weighted by Crippen LogP contribution is -2.04. The van der Waals surface area contributed by atoms with E-state index < -0.39 is 0 Å². The third-order valence-electron chi connectivity index (χ3n) is 5.30. The summed E-state index contributed by atoms with van der Waals surface area (Å²) in [6.45, 7) is 0. The van der Waals surface area contributed by atoms with Crippen molar-refractivity contribution in [3.63, 3.8) is 0 Å². The van der Waals surface area contributed by atoms with Crippen molar-refractivity contribution in [2.75, 3.05) is 5.73 Å². The Bertz CT molecular complexity index is 1100. The molecule has 1 fully saturated rings. The van der Waals surface area contributed by atoms with Crippen LogP contribution in [0.1, 0.15) is 37.4 Å². The number of nitrogen functional groups attached to an aromatic ring is 1. The number of para-hydroxylation sites is 1. The maximum atomic E-state index is 6.30. The van der Waals surface area contributed by atoms with Gasteiger partial charge in [-0.25, -0.2) is 9.97 Å². The van der Waals surface area contributed by atoms with Gasteiger partial charge in [0.25, 0.3) is 0 Å². The number of hydrogen-bond donors (Lipinski definition) is 2. The summed E-state index contributed by atoms with van der Waals surface area (Å²) in [7, 11) is 0. The van der Waals surface area contributed by atoms with Crippen LogP contribution in [0.3, 0.4) is 0 Å². The minimum absolute atomic E-state index is 0.404. The second-order valence-electron chi connectivity index (χ2n) is 7.19. The SMILES string of the molecule is Nc1nc(C2CCCC2)nc2n[nH]c(-c3ccc(Oc4ccccc4)cc3)c12. The number of aromatic nitrogens is 4. The first-order valence-corrected chi connectivity index (χ1v) is 9.63. The van der Waals surface area contributed by atoms with Crippen LogP contribution in [-0.4, -0.2) is 20.2 Å². The second kappa shape index (κ2) is 6.96. The fraction of sp³-hybridized carbons (Fsp3) is 0.227. The topological polar surface area (TPSA) is 89.7 Å². The number of nitrogens with one attached hydrogen (secondary N) is 1. The average molecular weight is 371 g/mol. The molecule has 0 radical (unpaired) electrons. The average Bonchev–Trinajstić information content (AvgIpc) is 3.40. The molecule has 5 rings (SSSR count). The number of ether oxygens (including phenoxy) is 1. The van der Waals surface area contributed by atoms with Crippen LogP contribution in [0.25, 0.3) is 22.3 Å². The van der Waals surface area contributed by atoms with Gasteiger partial charge >= 0.3 is 0 Å². The monoisotopic (exact) mass is 371 g/mol. The number of rotatable bonds is 4. The Hall–Kier alpha value is -3.41. The zero-order chi connectivity index (χ0) is 18.9. The number of aromatic amines is 1. The summed E-state index contributed by atoms with van der Waals surface area (Å²) in [5, 5.41) is 8.25. The highest BCUT2D eigenvalue weighted by molar-refractivity contribution is 5.98. The number of fused-ring (bicyclic) bond motifs is 1. The molecule has 6 nitrogen and oxygen atoms in total. The molecular formula is C22H21N5O. The first-order valence-electron chi connectivity index (χ1n) is 9.63. The van der Waals surface area contributed by atoms with Gasteiger partial charge in [0, 0.05) is 11.5 Å². The van der Waals surface area contributed by atoms with E-state index in [9.17, 15) is 0 Å². The van der Waals surface area contributed by atoms with Gasteiger partial charge in [0.2, 0.25) is 0 Å². The molecule has 2 aromatic carbocycles. The maximum absolute atomic E-state index is 6.30. The van der Waals surface area contributed by atoms with Crippen LogP contribution in [-0.2, 0) is 0 Å². The normalized spacial score (nSPS) is 14.6. The maximum Gasteiger partial charge on any atom is 0.187 e. The van der Waals surface area contributed by atoms with Gasteiger partial charge in [0.05, 0.1) is 11.1 Å². The minimum atomic E-state index is 0.404. The van der Waals surface area contributed by atoms with Gasteiger partial charge in [-0.1, -0.05) is 31.0 Å². The number of hydrogen-bond acceptors (Lipinski definition) is 5. The summed E-state index contributed by atoms with van der Waals surface area (Å²) < 4.78 is 5.86. The molecule has 2 heterocycles. The highest BCUT2D eigenvalue weighted by atomic mass is 16.5. The summed E-state index contributed by atoms with van der Waals surface area (Å²) in [5.41, 5.74) is 8.73. The molecule has 0 amide bonds. The lowest BCUT2D eigenvalue weighted by Gasteiger charge is -2.09. The lowest BCUT2D eigenvalue weighted by atomic mass is 10.1. The molecule has 140 valence electrons. The molecule has 0 spiro atoms. The van der Waals surface area contributed by atoms with Crippen LogP contribution in [0.5, 0.6) is 11.5 Å². The van der Waals surface area contributed by atoms with Crippen LogP contribution in [0.4, 0.5) is 5.82 Å². The van der Waals surface area contributed by atoms with Crippen molar-refractivity contribution in [1.82, 2.24) is 20.2 Å². The van der Waals surface area contributed by atoms with Gasteiger partial charge in [-0.2, -0.15) is 5.10 Å². The van der Waals surface area contributed by atoms with Crippen molar-refractivity contribution < 1.29 is 4.74 Å². The van der Waals surface area contributed by atoms with E-state index in [1.165, 1.54) is 12.8 Å². The molecule has 0 atom stereocenters. The standard InChI is InChI=1S/C22H21N5O/c23-20-18-19(26-27-22(18)25-21(24-20)15-6-4-5-7-15)14-10-12-17(13-11-14)28-16-8-2-1-3-9-16/h1-3,8-13,15H,4-7H2,(H3,23,24,25,26,27). The van der Waals surface area contributed by atoms with Crippen LogP contribution < -0.4 is 10.5 Å². The fourth-order valence-corrected chi connectivity index (χ4v) is 3.86. The van der Waals surface area contributed by atoms with E-state index in [-0.39, 0.29) is 0 Å². The molecule has 2 aromatic heterocycles. The van der Waals surface area contributed by atoms with Gasteiger partial charge < -0.3 is 10.5 Å². The summed E-state index contributed by atoms with van der Waals surface area (Å²) in [5.74, 6) is 3.29. The summed E-state index contributed by atoms with van der Waals surface area (Å²) in [6, 6.07) is 17.5. The van der Waals surface area contributed by atoms with Crippen molar-refractivity contribution in [1.29, 1.82) is 0 Å². The van der Waals surface area contributed by atoms with Crippen LogP contribution in [0.15, 0.2) is 54.6 Å². The molecule has 3 N–H and O–H groups in total. The van der Waals surface area contributed by atoms with Crippen molar-refractivity contribution in [3.8, 4) is 22.8 Å². The predicted molar refractivity (Wildman–Crippen MR) is 109 cm³/mol. The molecule has 0 saturated heterocycles. The second-order valence-corrected chi connectivity index (χ2v) is 7.19. The Kier molecular flexibility index (Phi) is 4.16. The number of nitrogens with two attached hydrogens (primary N) is 1. The molecule has 0 unspecified atom stereocenters. The van der Waals surface area contributed by atoms with E-state index in [1.54, 1.807) is 0 Å². The molecule has 0 bridgehead atoms. The zero-order valence-corrected chi connectivity index (χ0v) is 15.4. The Morgan fingerprint density at radius 2 is 1.61 bits per heavy atom. The molecule has 1 aliphatic carbocycles. The summed E-state index contributed by atoms with van der Waals surface area (Å²) >= 11 is 0. The van der Waals surface area contributed by atoms with Crippen molar-refractivity contribution >= 4 is 16.9 Å². The lowest BCUT2D eigenvalue weighted by molar-refractivity contribution is 0.483. The van der Waals surface area contributed by atoms with Crippen molar-refractivity contribution in [3.05, 3.63) is 60.4 Å². The van der Waals surface area contributed by atoms with E-state index in [2.05, 4.69) is 20.2 Å². The van der Waals surface area contributed by atoms with Gasteiger partial charge in [0.1, 0.15) is 23.1 Å². The molecule has 28 heavy (non-hydrogen) atoms. The van der Waals surface area contributed by atoms with E-state index >= 15 is 0 Å². The van der Waals surface area contributed by atoms with Crippen molar-refractivity contribution in [2.24, 2.45) is 0 Å². The molecule has 1 aliphatic rings. The Labute approximate surface area is 162 Å². The third-order valence-corrected chi connectivity index (χ3v) is 5.30. The minimum Gasteiger partial charge on any atom is -0.457 e. The van der Waals surface area contributed by atoms with Gasteiger partial charge in [0.15, 0.2) is 5.65 Å². The molecule has 4 aromatic rings. The molecule has 6 heteroatoms. The first-order chi connectivity index (χ1) is 13.8. The van der Waals surface area contributed by atoms with Gasteiger partial charge in [-0.05, 0) is 49.2 Å². The largest absolute Gasteiger partial charge is 0.457 e. The third kappa shape index (κ3) is 3.07. The fourth-order valence-electron chi connectivity index (χ4n) is 3.86. The predicted octanol–water partition coefficient (Wildman–Crippen LogP) is 5.05. The van der Waals surface area contributed by atoms with Crippen LogP contribution >= 0.6 is 0 Å². The van der Waals surface area contributed by atoms with E-state index in [0.29, 0.717) is 17.4 Å². The molecule has 1 saturated carbocycles. The van der Waals surface area contributed by atoms with E-state index in [0.717, 1.165) is 46.8 Å². The first kappa shape index (κ1) is 16.7. The Balaban J connectivity index is 1.45. The number of H-pyrrole nitrogens is 1. The summed E-state index contributed by atoms with van der Waals surface area (Å²) in [4.78, 5) is 9.28. The van der Waals surface area contributed by atoms with Crippen molar-refractivity contribution in [2.45, 2.75) is 31.6 Å². The molecule has 0 aliphatic heterocycles. The highest BCUT2D eigenvalue weighted by Gasteiger charge is 2.23. The number of nitrogens with zero attached hydrogens (tertiary/aromatic N) is 3. The van der Waals surface area contributed by atoms with Gasteiger partial charge in [-0.3, -0.25) is 5.10 Å². The van der Waals surface area contributed by atoms with Crippen LogP contribution in [0.2, 0.25) is 0 Å². The van der Waals surface area contributed by atoms with Crippen LogP contribution in [0, 0.1) is 0 Å². The van der Waals surface area contributed by atoms with E-state index in [4.69, 9.17) is 10.5 Å². The number of anilines is 1. The molecular weight excluding hydrogens is 350 g/mol. The quantitative estimate of drug-likeness (QED) is 0.524. The Morgan fingerprint density at radius 3 is 2.36 bits per heavy atom. The number of benzene rings is 2. The van der Waals surface area contributed by atoms with Gasteiger partial charge in [-0.15, -0.1) is 0 Å². The summed E-state index contributed by atoms with van der Waals surface area (Å²) in [6.07, 6.45) is 4.72.